The molecule has 0 radical (unpaired) electrons. The highest BCUT2D eigenvalue weighted by Gasteiger charge is 2.17. The summed E-state index contributed by atoms with van der Waals surface area (Å²) >= 11 is 1.31. The average Bonchev–Trinajstić information content (AvgIpc) is 2.42. The minimum Gasteiger partial charge on any atom is -0.321 e. The van der Waals surface area contributed by atoms with E-state index in [1.165, 1.54) is 24.5 Å². The Morgan fingerprint density at radius 1 is 1.36 bits per heavy atom. The van der Waals surface area contributed by atoms with Crippen LogP contribution in [0.15, 0.2) is 15.7 Å². The Hall–Kier alpha value is -0.780. The maximum Gasteiger partial charge on any atom is 0.330 e. The van der Waals surface area contributed by atoms with Crippen LogP contribution in [0, 0.1) is 12.8 Å². The van der Waals surface area contributed by atoms with Gasteiger partial charge in [0.25, 0.3) is 12.1 Å². The maximum atomic E-state index is 12.2. The number of hydrogen-bond donors (Lipinski definition) is 0. The van der Waals surface area contributed by atoms with Crippen LogP contribution in [0.2, 0.25) is 0 Å². The molecule has 8 heteroatoms. The SMILES string of the molecule is Cc1cc(=O)n(C)c(=O)n1CCCSP(C)(=O)OCC(C)C. The van der Waals surface area contributed by atoms with Crippen molar-refractivity contribution in [1.82, 2.24) is 9.13 Å². The normalized spacial score (nSPS) is 14.3. The zero-order chi connectivity index (χ0) is 16.9. The molecule has 1 heterocycles. The monoisotopic (exact) mass is 348 g/mol. The van der Waals surface area contributed by atoms with Gasteiger partial charge in [-0.25, -0.2) is 4.79 Å². The van der Waals surface area contributed by atoms with E-state index in [4.69, 9.17) is 4.52 Å². The third-order valence-electron chi connectivity index (χ3n) is 3.10. The first-order chi connectivity index (χ1) is 10.1. The molecule has 22 heavy (non-hydrogen) atoms. The molecule has 0 saturated carbocycles. The molecule has 6 nitrogen and oxygen atoms in total. The smallest absolute Gasteiger partial charge is 0.321 e. The molecule has 1 aromatic rings. The Kier molecular flexibility index (Phi) is 7.16. The van der Waals surface area contributed by atoms with Crippen molar-refractivity contribution in [2.45, 2.75) is 33.7 Å². The molecule has 0 aliphatic carbocycles. The molecule has 0 N–H and O–H groups in total. The highest BCUT2D eigenvalue weighted by molar-refractivity contribution is 8.56. The lowest BCUT2D eigenvalue weighted by Gasteiger charge is -2.15. The van der Waals surface area contributed by atoms with Crippen LogP contribution >= 0.6 is 18.0 Å². The molecule has 126 valence electrons. The van der Waals surface area contributed by atoms with Gasteiger partial charge < -0.3 is 4.52 Å². The van der Waals surface area contributed by atoms with Gasteiger partial charge in [-0.2, -0.15) is 0 Å². The van der Waals surface area contributed by atoms with E-state index in [9.17, 15) is 14.2 Å². The van der Waals surface area contributed by atoms with Crippen molar-refractivity contribution in [1.29, 1.82) is 0 Å². The summed E-state index contributed by atoms with van der Waals surface area (Å²) in [4.78, 5) is 23.5. The van der Waals surface area contributed by atoms with Crippen molar-refractivity contribution in [3.63, 3.8) is 0 Å². The van der Waals surface area contributed by atoms with Crippen LogP contribution < -0.4 is 11.2 Å². The standard InChI is InChI=1S/C14H25N2O4PS/c1-11(2)10-20-21(5,19)22-8-6-7-16-12(3)9-13(17)15(4)14(16)18/h9,11H,6-8,10H2,1-5H3. The summed E-state index contributed by atoms with van der Waals surface area (Å²) in [6.45, 7) is 5.75. The average molecular weight is 348 g/mol. The molecule has 0 fully saturated rings. The van der Waals surface area contributed by atoms with E-state index in [1.54, 1.807) is 18.2 Å². The second-order valence-corrected chi connectivity index (χ2v) is 11.0. The fourth-order valence-corrected chi connectivity index (χ4v) is 4.85. The van der Waals surface area contributed by atoms with Gasteiger partial charge in [0.1, 0.15) is 0 Å². The van der Waals surface area contributed by atoms with Gasteiger partial charge in [0, 0.05) is 37.8 Å². The molecule has 0 aromatic carbocycles. The molecular formula is C14H25N2O4PS. The third-order valence-corrected chi connectivity index (χ3v) is 6.93. The Balaban J connectivity index is 2.56. The maximum absolute atomic E-state index is 12.2. The van der Waals surface area contributed by atoms with Gasteiger partial charge in [-0.15, -0.1) is 0 Å². The van der Waals surface area contributed by atoms with Crippen LogP contribution in [0.4, 0.5) is 0 Å². The topological polar surface area (TPSA) is 70.3 Å². The number of aryl methyl sites for hydroxylation is 1. The highest BCUT2D eigenvalue weighted by Crippen LogP contribution is 2.56. The molecule has 0 aliphatic rings. The molecule has 0 amide bonds. The van der Waals surface area contributed by atoms with E-state index in [2.05, 4.69) is 0 Å². The van der Waals surface area contributed by atoms with E-state index in [1.807, 2.05) is 13.8 Å². The zero-order valence-corrected chi connectivity index (χ0v) is 15.6. The molecule has 0 aliphatic heterocycles. The van der Waals surface area contributed by atoms with Crippen molar-refractivity contribution in [3.05, 3.63) is 32.6 Å². The quantitative estimate of drug-likeness (QED) is 0.533. The first kappa shape index (κ1) is 19.3. The van der Waals surface area contributed by atoms with Crippen molar-refractivity contribution in [2.24, 2.45) is 13.0 Å². The van der Waals surface area contributed by atoms with Crippen molar-refractivity contribution in [3.8, 4) is 0 Å². The summed E-state index contributed by atoms with van der Waals surface area (Å²) in [5.41, 5.74) is 0.0350. The van der Waals surface area contributed by atoms with Crippen LogP contribution in [0.5, 0.6) is 0 Å². The van der Waals surface area contributed by atoms with Gasteiger partial charge in [-0.1, -0.05) is 25.2 Å². The van der Waals surface area contributed by atoms with E-state index < -0.39 is 6.57 Å². The lowest BCUT2D eigenvalue weighted by Crippen LogP contribution is -2.38. The van der Waals surface area contributed by atoms with Gasteiger partial charge in [0.2, 0.25) is 0 Å². The number of nitrogens with zero attached hydrogens (tertiary/aromatic N) is 2. The Morgan fingerprint density at radius 3 is 2.59 bits per heavy atom. The van der Waals surface area contributed by atoms with E-state index in [0.717, 1.165) is 4.57 Å². The Bertz CT molecular complexity index is 666. The van der Waals surface area contributed by atoms with Gasteiger partial charge in [0.15, 0.2) is 0 Å². The summed E-state index contributed by atoms with van der Waals surface area (Å²) in [6.07, 6.45) is 0.687. The van der Waals surface area contributed by atoms with Crippen LogP contribution in [0.3, 0.4) is 0 Å². The lowest BCUT2D eigenvalue weighted by molar-refractivity contribution is 0.282. The van der Waals surface area contributed by atoms with Crippen LogP contribution in [-0.2, 0) is 22.7 Å². The van der Waals surface area contributed by atoms with E-state index in [0.29, 0.717) is 36.9 Å². The molecule has 1 rings (SSSR count). The van der Waals surface area contributed by atoms with Crippen LogP contribution in [0.25, 0.3) is 0 Å². The molecule has 0 saturated heterocycles. The zero-order valence-electron chi connectivity index (χ0n) is 13.9. The second-order valence-electron chi connectivity index (χ2n) is 5.76. The number of rotatable bonds is 8. The van der Waals surface area contributed by atoms with Gasteiger partial charge in [-0.3, -0.25) is 18.5 Å². The summed E-state index contributed by atoms with van der Waals surface area (Å²) in [5.74, 6) is 0.987. The summed E-state index contributed by atoms with van der Waals surface area (Å²) in [5, 5.41) is 0. The van der Waals surface area contributed by atoms with Crippen molar-refractivity contribution >= 4 is 18.0 Å². The van der Waals surface area contributed by atoms with Gasteiger partial charge >= 0.3 is 5.69 Å². The largest absolute Gasteiger partial charge is 0.330 e. The van der Waals surface area contributed by atoms with Crippen molar-refractivity contribution < 1.29 is 9.09 Å². The summed E-state index contributed by atoms with van der Waals surface area (Å²) in [6, 6.07) is 1.45. The predicted octanol–water partition coefficient (Wildman–Crippen LogP) is 2.47. The first-order valence-electron chi connectivity index (χ1n) is 7.28. The number of hydrogen-bond acceptors (Lipinski definition) is 5. The molecule has 0 bridgehead atoms. The molecule has 1 aromatic heterocycles. The van der Waals surface area contributed by atoms with Crippen LogP contribution in [-0.4, -0.2) is 28.2 Å². The Morgan fingerprint density at radius 2 is 2.00 bits per heavy atom. The lowest BCUT2D eigenvalue weighted by atomic mass is 10.2. The second kappa shape index (κ2) is 8.18. The van der Waals surface area contributed by atoms with E-state index >= 15 is 0 Å². The van der Waals surface area contributed by atoms with Gasteiger partial charge in [0.05, 0.1) is 6.61 Å². The minimum atomic E-state index is -2.63. The fourth-order valence-electron chi connectivity index (χ4n) is 1.83. The summed E-state index contributed by atoms with van der Waals surface area (Å²) in [7, 11) is 1.47. The molecule has 0 spiro atoms. The first-order valence-corrected chi connectivity index (χ1v) is 10.9. The van der Waals surface area contributed by atoms with E-state index in [-0.39, 0.29) is 11.2 Å². The van der Waals surface area contributed by atoms with Crippen molar-refractivity contribution in [2.75, 3.05) is 19.0 Å². The van der Waals surface area contributed by atoms with Gasteiger partial charge in [-0.05, 0) is 19.3 Å². The number of aromatic nitrogens is 2. The Labute approximate surface area is 135 Å². The predicted molar refractivity (Wildman–Crippen MR) is 92.1 cm³/mol. The molecule has 1 unspecified atom stereocenters. The minimum absolute atomic E-state index is 0.298. The molecular weight excluding hydrogens is 323 g/mol. The van der Waals surface area contributed by atoms with Crippen LogP contribution in [0.1, 0.15) is 26.0 Å². The third kappa shape index (κ3) is 5.78. The molecule has 1 atom stereocenters. The highest BCUT2D eigenvalue weighted by atomic mass is 32.7. The fraction of sp³-hybridized carbons (Fsp3) is 0.714. The summed E-state index contributed by atoms with van der Waals surface area (Å²) < 4.78 is 20.3.